The molecule has 0 saturated carbocycles. The average Bonchev–Trinajstić information content (AvgIpc) is 3.22. The van der Waals surface area contributed by atoms with E-state index in [0.717, 1.165) is 31.0 Å². The van der Waals surface area contributed by atoms with Crippen LogP contribution in [0.25, 0.3) is 33.3 Å². The number of carboxylic acid groups (broad SMARTS) is 1. The van der Waals surface area contributed by atoms with Crippen molar-refractivity contribution in [2.75, 3.05) is 0 Å². The summed E-state index contributed by atoms with van der Waals surface area (Å²) in [6.07, 6.45) is 5.83. The maximum atomic E-state index is 11.9. The molecule has 0 amide bonds. The van der Waals surface area contributed by atoms with Gasteiger partial charge in [-0.3, -0.25) is 9.35 Å². The number of hydrogen-bond acceptors (Lipinski definition) is 8. The van der Waals surface area contributed by atoms with E-state index in [9.17, 15) is 30.7 Å². The second kappa shape index (κ2) is 9.34. The largest absolute Gasteiger partial charge is 0.744 e. The number of benzene rings is 2. The van der Waals surface area contributed by atoms with Gasteiger partial charge in [-0.15, -0.1) is 0 Å². The third-order valence-corrected chi connectivity index (χ3v) is 7.12. The zero-order valence-electron chi connectivity index (χ0n) is 18.1. The van der Waals surface area contributed by atoms with E-state index in [1.165, 1.54) is 6.07 Å². The lowest BCUT2D eigenvalue weighted by Gasteiger charge is -2.09. The van der Waals surface area contributed by atoms with Crippen LogP contribution in [0.5, 0.6) is 0 Å². The number of nitrogens with zero attached hydrogens (tertiary/aromatic N) is 2. The van der Waals surface area contributed by atoms with Gasteiger partial charge in [0.25, 0.3) is 10.1 Å². The Morgan fingerprint density at radius 1 is 1.03 bits per heavy atom. The number of unbranched alkanes of at least 4 members (excludes halogenated alkanes) is 2. The molecule has 0 radical (unpaired) electrons. The van der Waals surface area contributed by atoms with Crippen molar-refractivity contribution < 1.29 is 44.8 Å². The number of aliphatic carboxylic acids is 1. The molecule has 0 spiro atoms. The monoisotopic (exact) mass is 520 g/mol. The molecule has 0 atom stereocenters. The SMILES string of the molecule is O=C(O)CCCCC[n+]1ccc(-c2nc3c(o2)c(S(=O)(=O)[O-])cc2cc(S(=O)(=O)O)ccc23)cc1. The van der Waals surface area contributed by atoms with Gasteiger partial charge in [0.1, 0.15) is 22.2 Å². The van der Waals surface area contributed by atoms with Crippen LogP contribution in [0.3, 0.4) is 0 Å². The summed E-state index contributed by atoms with van der Waals surface area (Å²) < 4.78 is 75.5. The standard InChI is InChI=1S/C22H20N2O9S2/c25-19(26)4-2-1-3-9-24-10-7-14(8-11-24)22-23-20-17-6-5-16(34(27,28)29)12-15(17)13-18(21(20)33-22)35(30,31)32/h5-8,10-13H,1-4,9H2,(H2-,25,26,27,28,29,30,31,32). The molecule has 0 saturated heterocycles. The van der Waals surface area contributed by atoms with Crippen molar-refractivity contribution in [1.29, 1.82) is 0 Å². The number of fused-ring (bicyclic) bond motifs is 3. The lowest BCUT2D eigenvalue weighted by Crippen LogP contribution is -2.32. The van der Waals surface area contributed by atoms with Gasteiger partial charge < -0.3 is 14.1 Å². The molecule has 0 aliphatic rings. The molecule has 2 aromatic carbocycles. The fourth-order valence-electron chi connectivity index (χ4n) is 3.72. The number of oxazole rings is 1. The van der Waals surface area contributed by atoms with E-state index in [1.807, 2.05) is 4.57 Å². The van der Waals surface area contributed by atoms with E-state index in [1.54, 1.807) is 24.5 Å². The van der Waals surface area contributed by atoms with Crippen molar-refractivity contribution in [2.24, 2.45) is 0 Å². The Hall–Kier alpha value is -3.39. The predicted octanol–water partition coefficient (Wildman–Crippen LogP) is 2.73. The molecule has 4 rings (SSSR count). The van der Waals surface area contributed by atoms with Crippen LogP contribution in [0, 0.1) is 0 Å². The predicted molar refractivity (Wildman–Crippen MR) is 121 cm³/mol. The summed E-state index contributed by atoms with van der Waals surface area (Å²) in [5.74, 6) is -0.759. The highest BCUT2D eigenvalue weighted by atomic mass is 32.2. The number of carboxylic acids is 1. The summed E-state index contributed by atoms with van der Waals surface area (Å²) in [7, 11) is -9.55. The lowest BCUT2D eigenvalue weighted by molar-refractivity contribution is -0.697. The number of pyridine rings is 1. The second-order valence-electron chi connectivity index (χ2n) is 7.91. The molecule has 2 N–H and O–H groups in total. The maximum Gasteiger partial charge on any atom is 0.303 e. The molecular weight excluding hydrogens is 500 g/mol. The molecule has 0 fully saturated rings. The van der Waals surface area contributed by atoms with E-state index in [0.29, 0.717) is 23.9 Å². The highest BCUT2D eigenvalue weighted by Gasteiger charge is 2.21. The van der Waals surface area contributed by atoms with Crippen molar-refractivity contribution >= 4 is 48.1 Å². The van der Waals surface area contributed by atoms with E-state index in [-0.39, 0.29) is 28.8 Å². The number of aryl methyl sites for hydroxylation is 1. The molecule has 35 heavy (non-hydrogen) atoms. The first kappa shape index (κ1) is 24.7. The fourth-order valence-corrected chi connectivity index (χ4v) is 4.87. The Labute approximate surface area is 200 Å². The molecule has 4 aromatic rings. The van der Waals surface area contributed by atoms with Crippen molar-refractivity contribution in [2.45, 2.75) is 42.0 Å². The van der Waals surface area contributed by atoms with E-state index < -0.39 is 36.0 Å². The fraction of sp³-hybridized carbons (Fsp3) is 0.227. The van der Waals surface area contributed by atoms with Crippen LogP contribution in [0.2, 0.25) is 0 Å². The first-order valence-corrected chi connectivity index (χ1v) is 13.3. The molecular formula is C22H20N2O9S2. The number of rotatable bonds is 9. The van der Waals surface area contributed by atoms with Crippen molar-refractivity contribution in [3.8, 4) is 11.5 Å². The first-order chi connectivity index (χ1) is 16.4. The zero-order chi connectivity index (χ0) is 25.4. The summed E-state index contributed by atoms with van der Waals surface area (Å²) >= 11 is 0. The highest BCUT2D eigenvalue weighted by Crippen LogP contribution is 2.35. The van der Waals surface area contributed by atoms with Gasteiger partial charge in [-0.25, -0.2) is 18.0 Å². The molecule has 0 unspecified atom stereocenters. The molecule has 0 aliphatic carbocycles. The molecule has 2 heterocycles. The Morgan fingerprint density at radius 2 is 1.74 bits per heavy atom. The molecule has 184 valence electrons. The van der Waals surface area contributed by atoms with Gasteiger partial charge in [0.2, 0.25) is 5.89 Å². The van der Waals surface area contributed by atoms with Crippen LogP contribution in [0.1, 0.15) is 25.7 Å². The Bertz CT molecular complexity index is 1640. The summed E-state index contributed by atoms with van der Waals surface area (Å²) in [6, 6.07) is 7.93. The van der Waals surface area contributed by atoms with Crippen LogP contribution >= 0.6 is 0 Å². The van der Waals surface area contributed by atoms with Gasteiger partial charge in [0.05, 0.1) is 9.79 Å². The summed E-state index contributed by atoms with van der Waals surface area (Å²) in [6.45, 7) is 0.673. The third-order valence-electron chi connectivity index (χ3n) is 5.43. The van der Waals surface area contributed by atoms with Gasteiger partial charge in [-0.1, -0.05) is 6.07 Å². The van der Waals surface area contributed by atoms with Crippen LogP contribution in [-0.2, 0) is 31.6 Å². The third kappa shape index (κ3) is 5.48. The molecule has 13 heteroatoms. The van der Waals surface area contributed by atoms with Crippen LogP contribution in [-0.4, -0.2) is 42.0 Å². The Balaban J connectivity index is 1.70. The van der Waals surface area contributed by atoms with Gasteiger partial charge in [0.15, 0.2) is 18.0 Å². The number of carbonyl (C=O) groups is 1. The van der Waals surface area contributed by atoms with Crippen LogP contribution in [0.4, 0.5) is 0 Å². The molecule has 11 nitrogen and oxygen atoms in total. The highest BCUT2D eigenvalue weighted by molar-refractivity contribution is 7.86. The van der Waals surface area contributed by atoms with E-state index in [4.69, 9.17) is 9.52 Å². The van der Waals surface area contributed by atoms with Crippen LogP contribution in [0.15, 0.2) is 63.0 Å². The minimum atomic E-state index is -5.00. The smallest absolute Gasteiger partial charge is 0.303 e. The number of aromatic nitrogens is 2. The molecule has 0 bridgehead atoms. The quantitative estimate of drug-likeness (QED) is 0.189. The van der Waals surface area contributed by atoms with Gasteiger partial charge >= 0.3 is 5.97 Å². The normalized spacial score (nSPS) is 12.4. The topological polar surface area (TPSA) is 179 Å². The van der Waals surface area contributed by atoms with E-state index in [2.05, 4.69) is 4.98 Å². The summed E-state index contributed by atoms with van der Waals surface area (Å²) in [4.78, 5) is 13.8. The van der Waals surface area contributed by atoms with Crippen molar-refractivity contribution in [3.63, 3.8) is 0 Å². The Kier molecular flexibility index (Phi) is 6.60. The Morgan fingerprint density at radius 3 is 2.37 bits per heavy atom. The van der Waals surface area contributed by atoms with E-state index >= 15 is 0 Å². The van der Waals surface area contributed by atoms with Gasteiger partial charge in [-0.05, 0) is 36.4 Å². The zero-order valence-corrected chi connectivity index (χ0v) is 19.8. The minimum Gasteiger partial charge on any atom is -0.744 e. The maximum absolute atomic E-state index is 11.9. The van der Waals surface area contributed by atoms with Gasteiger partial charge in [-0.2, -0.15) is 8.42 Å². The first-order valence-electron chi connectivity index (χ1n) is 10.5. The molecule has 2 aromatic heterocycles. The van der Waals surface area contributed by atoms with Crippen LogP contribution < -0.4 is 4.57 Å². The van der Waals surface area contributed by atoms with Crippen molar-refractivity contribution in [3.05, 3.63) is 48.8 Å². The number of hydrogen-bond donors (Lipinski definition) is 2. The summed E-state index contributed by atoms with van der Waals surface area (Å²) in [5.41, 5.74) is 0.321. The lowest BCUT2D eigenvalue weighted by atomic mass is 10.1. The van der Waals surface area contributed by atoms with Crippen molar-refractivity contribution in [1.82, 2.24) is 4.98 Å². The molecule has 0 aliphatic heterocycles. The minimum absolute atomic E-state index is 0.0592. The average molecular weight is 521 g/mol. The second-order valence-corrected chi connectivity index (χ2v) is 10.7. The van der Waals surface area contributed by atoms with Gasteiger partial charge in [0, 0.05) is 35.9 Å². The summed E-state index contributed by atoms with van der Waals surface area (Å²) in [5, 5.41) is 9.10.